The van der Waals surface area contributed by atoms with Gasteiger partial charge in [-0.1, -0.05) is 0 Å². The van der Waals surface area contributed by atoms with Crippen LogP contribution >= 0.6 is 0 Å². The van der Waals surface area contributed by atoms with Crippen LogP contribution < -0.4 is 10.6 Å². The van der Waals surface area contributed by atoms with Gasteiger partial charge >= 0.3 is 0 Å². The molecule has 0 amide bonds. The molecule has 1 rings (SSSR count). The molecule has 0 saturated carbocycles. The third-order valence-corrected chi connectivity index (χ3v) is 3.72. The minimum Gasteiger partial charge on any atom is -0.466 e. The zero-order chi connectivity index (χ0) is 18.0. The molecular formula is C18H33N3O3. The highest BCUT2D eigenvalue weighted by Gasteiger charge is 2.27. The van der Waals surface area contributed by atoms with Gasteiger partial charge in [0.25, 0.3) is 0 Å². The van der Waals surface area contributed by atoms with E-state index in [9.17, 15) is 5.11 Å². The van der Waals surface area contributed by atoms with Crippen molar-refractivity contribution in [1.82, 2.24) is 10.6 Å². The van der Waals surface area contributed by atoms with E-state index in [2.05, 4.69) is 15.6 Å². The molecule has 0 aliphatic rings. The van der Waals surface area contributed by atoms with Gasteiger partial charge in [0.15, 0.2) is 5.96 Å². The maximum Gasteiger partial charge on any atom is 0.191 e. The lowest BCUT2D eigenvalue weighted by molar-refractivity contribution is 0.0657. The highest BCUT2D eigenvalue weighted by molar-refractivity contribution is 5.79. The monoisotopic (exact) mass is 339 g/mol. The largest absolute Gasteiger partial charge is 0.466 e. The maximum atomic E-state index is 10.7. The summed E-state index contributed by atoms with van der Waals surface area (Å²) in [6, 6.07) is 1.87. The first-order valence-corrected chi connectivity index (χ1v) is 8.80. The molecule has 1 unspecified atom stereocenters. The van der Waals surface area contributed by atoms with Crippen LogP contribution in [0.2, 0.25) is 0 Å². The van der Waals surface area contributed by atoms with E-state index in [1.807, 2.05) is 33.8 Å². The van der Waals surface area contributed by atoms with Crippen molar-refractivity contribution in [1.29, 1.82) is 0 Å². The fourth-order valence-corrected chi connectivity index (χ4v) is 2.51. The molecule has 0 aromatic carbocycles. The van der Waals surface area contributed by atoms with Crippen LogP contribution in [0, 0.1) is 13.8 Å². The van der Waals surface area contributed by atoms with Crippen LogP contribution in [-0.2, 0) is 10.3 Å². The molecule has 1 aromatic heterocycles. The summed E-state index contributed by atoms with van der Waals surface area (Å²) in [5.74, 6) is 2.25. The molecule has 0 bridgehead atoms. The summed E-state index contributed by atoms with van der Waals surface area (Å²) in [5, 5.41) is 17.2. The number of unbranched alkanes of at least 4 members (excludes halogenated alkanes) is 1. The summed E-state index contributed by atoms with van der Waals surface area (Å²) in [6.45, 7) is 12.9. The number of guanidine groups is 1. The van der Waals surface area contributed by atoms with Gasteiger partial charge in [0.2, 0.25) is 0 Å². The van der Waals surface area contributed by atoms with Crippen molar-refractivity contribution in [2.45, 2.75) is 53.1 Å². The van der Waals surface area contributed by atoms with Crippen LogP contribution in [0.1, 0.15) is 50.7 Å². The van der Waals surface area contributed by atoms with Gasteiger partial charge in [-0.15, -0.1) is 0 Å². The molecule has 1 aromatic rings. The standard InChI is InChI=1S/C18H33N3O3/c1-6-19-17(20-10-8-9-11-23-7-2)21-13-18(5,22)16-12-14(3)24-15(16)4/h12,22H,6-11,13H2,1-5H3,(H2,19,20,21). The molecule has 6 nitrogen and oxygen atoms in total. The number of aryl methyl sites for hydroxylation is 2. The first kappa shape index (κ1) is 20.5. The molecule has 1 heterocycles. The zero-order valence-electron chi connectivity index (χ0n) is 15.7. The maximum absolute atomic E-state index is 10.7. The SMILES string of the molecule is CCNC(=NCC(C)(O)c1cc(C)oc1C)NCCCCOCC. The number of hydrogen-bond donors (Lipinski definition) is 3. The molecule has 24 heavy (non-hydrogen) atoms. The minimum atomic E-state index is -1.06. The van der Waals surface area contributed by atoms with Crippen LogP contribution in [0.15, 0.2) is 15.5 Å². The molecule has 0 spiro atoms. The van der Waals surface area contributed by atoms with Gasteiger partial charge in [-0.2, -0.15) is 0 Å². The average Bonchev–Trinajstić information content (AvgIpc) is 2.87. The molecule has 0 aliphatic heterocycles. The van der Waals surface area contributed by atoms with Crippen molar-refractivity contribution in [3.8, 4) is 0 Å². The van der Waals surface area contributed by atoms with Gasteiger partial charge in [0.05, 0.1) is 6.54 Å². The van der Waals surface area contributed by atoms with Crippen molar-refractivity contribution < 1.29 is 14.3 Å². The van der Waals surface area contributed by atoms with Gasteiger partial charge in [0.1, 0.15) is 17.1 Å². The van der Waals surface area contributed by atoms with Crippen LogP contribution in [0.25, 0.3) is 0 Å². The molecule has 1 atom stereocenters. The minimum absolute atomic E-state index is 0.265. The fraction of sp³-hybridized carbons (Fsp3) is 0.722. The Morgan fingerprint density at radius 1 is 1.29 bits per heavy atom. The molecule has 3 N–H and O–H groups in total. The third-order valence-electron chi connectivity index (χ3n) is 3.72. The van der Waals surface area contributed by atoms with E-state index in [0.29, 0.717) is 5.96 Å². The van der Waals surface area contributed by atoms with Crippen LogP contribution in [0.4, 0.5) is 0 Å². The smallest absolute Gasteiger partial charge is 0.191 e. The fourth-order valence-electron chi connectivity index (χ4n) is 2.51. The predicted molar refractivity (Wildman–Crippen MR) is 97.5 cm³/mol. The Labute approximate surface area is 145 Å². The highest BCUT2D eigenvalue weighted by Crippen LogP contribution is 2.27. The summed E-state index contributed by atoms with van der Waals surface area (Å²) in [7, 11) is 0. The number of furan rings is 1. The normalized spacial score (nSPS) is 14.5. The molecule has 6 heteroatoms. The number of aliphatic hydroxyl groups is 1. The summed E-state index contributed by atoms with van der Waals surface area (Å²) in [6.07, 6.45) is 2.03. The van der Waals surface area contributed by atoms with E-state index < -0.39 is 5.60 Å². The Balaban J connectivity index is 2.56. The summed E-state index contributed by atoms with van der Waals surface area (Å²) in [4.78, 5) is 4.52. The zero-order valence-corrected chi connectivity index (χ0v) is 15.7. The van der Waals surface area contributed by atoms with Crippen molar-refractivity contribution in [3.05, 3.63) is 23.2 Å². The van der Waals surface area contributed by atoms with Gasteiger partial charge in [-0.05, 0) is 53.5 Å². The number of hydrogen-bond acceptors (Lipinski definition) is 4. The lowest BCUT2D eigenvalue weighted by Crippen LogP contribution is -2.39. The lowest BCUT2D eigenvalue weighted by atomic mass is 9.96. The van der Waals surface area contributed by atoms with Crippen molar-refractivity contribution in [3.63, 3.8) is 0 Å². The molecule has 0 saturated heterocycles. The highest BCUT2D eigenvalue weighted by atomic mass is 16.5. The Hall–Kier alpha value is -1.53. The first-order valence-electron chi connectivity index (χ1n) is 8.80. The topological polar surface area (TPSA) is 79.0 Å². The molecule has 0 radical (unpaired) electrons. The number of aliphatic imine (C=N–C) groups is 1. The van der Waals surface area contributed by atoms with Crippen LogP contribution in [-0.4, -0.2) is 43.9 Å². The van der Waals surface area contributed by atoms with Gasteiger partial charge in [-0.25, -0.2) is 4.99 Å². The molecular weight excluding hydrogens is 306 g/mol. The first-order chi connectivity index (χ1) is 11.4. The second kappa shape index (κ2) is 10.4. The van der Waals surface area contributed by atoms with Crippen LogP contribution in [0.5, 0.6) is 0 Å². The lowest BCUT2D eigenvalue weighted by Gasteiger charge is -2.21. The Bertz CT molecular complexity index is 510. The second-order valence-corrected chi connectivity index (χ2v) is 6.13. The van der Waals surface area contributed by atoms with Crippen molar-refractivity contribution in [2.75, 3.05) is 32.8 Å². The average molecular weight is 339 g/mol. The summed E-state index contributed by atoms with van der Waals surface area (Å²) < 4.78 is 10.8. The van der Waals surface area contributed by atoms with E-state index >= 15 is 0 Å². The van der Waals surface area contributed by atoms with Gasteiger partial charge < -0.3 is 24.9 Å². The molecule has 0 fully saturated rings. The number of nitrogens with zero attached hydrogens (tertiary/aromatic N) is 1. The van der Waals surface area contributed by atoms with E-state index in [1.165, 1.54) is 0 Å². The number of rotatable bonds is 10. The van der Waals surface area contributed by atoms with Gasteiger partial charge in [-0.3, -0.25) is 0 Å². The molecule has 138 valence electrons. The summed E-state index contributed by atoms with van der Waals surface area (Å²) >= 11 is 0. The van der Waals surface area contributed by atoms with Crippen molar-refractivity contribution >= 4 is 5.96 Å². The summed E-state index contributed by atoms with van der Waals surface area (Å²) in [5.41, 5.74) is -0.268. The Kier molecular flexibility index (Phi) is 8.85. The number of ether oxygens (including phenoxy) is 1. The van der Waals surface area contributed by atoms with Crippen molar-refractivity contribution in [2.24, 2.45) is 4.99 Å². The van der Waals surface area contributed by atoms with Gasteiger partial charge in [0, 0.05) is 31.9 Å². The third kappa shape index (κ3) is 6.93. The van der Waals surface area contributed by atoms with Crippen LogP contribution in [0.3, 0.4) is 0 Å². The van der Waals surface area contributed by atoms with E-state index in [-0.39, 0.29) is 6.54 Å². The van der Waals surface area contributed by atoms with E-state index in [4.69, 9.17) is 9.15 Å². The Morgan fingerprint density at radius 3 is 2.62 bits per heavy atom. The Morgan fingerprint density at radius 2 is 2.04 bits per heavy atom. The predicted octanol–water partition coefficient (Wildman–Crippen LogP) is 2.48. The van der Waals surface area contributed by atoms with E-state index in [1.54, 1.807) is 6.92 Å². The van der Waals surface area contributed by atoms with E-state index in [0.717, 1.165) is 56.2 Å². The quantitative estimate of drug-likeness (QED) is 0.347. The number of nitrogens with one attached hydrogen (secondary N) is 2. The molecule has 0 aliphatic carbocycles. The second-order valence-electron chi connectivity index (χ2n) is 6.13.